The maximum absolute atomic E-state index is 4.63. The lowest BCUT2D eigenvalue weighted by molar-refractivity contribution is 0.167. The highest BCUT2D eigenvalue weighted by molar-refractivity contribution is 5.34. The molecule has 2 rings (SSSR count). The summed E-state index contributed by atoms with van der Waals surface area (Å²) in [5, 5.41) is 9.05. The number of hydrogen-bond donors (Lipinski definition) is 0. The van der Waals surface area contributed by atoms with Crippen molar-refractivity contribution in [3.8, 4) is 0 Å². The Kier molecular flexibility index (Phi) is 3.38. The zero-order chi connectivity index (χ0) is 13.2. The van der Waals surface area contributed by atoms with E-state index in [1.807, 2.05) is 30.3 Å². The second kappa shape index (κ2) is 4.68. The minimum Gasteiger partial charge on any atom is -0.184 e. The third kappa shape index (κ3) is 2.69. The van der Waals surface area contributed by atoms with Crippen molar-refractivity contribution < 1.29 is 0 Å². The Morgan fingerprint density at radius 3 is 2.33 bits per heavy atom. The number of hydrogen-bond acceptors (Lipinski definition) is 2. The topological polar surface area (TPSA) is 24.7 Å². The van der Waals surface area contributed by atoms with Crippen molar-refractivity contribution in [3.63, 3.8) is 0 Å². The molecule has 2 nitrogen and oxygen atoms in total. The fourth-order valence-corrected chi connectivity index (χ4v) is 2.80. The van der Waals surface area contributed by atoms with Crippen LogP contribution in [0.25, 0.3) is 0 Å². The zero-order valence-electron chi connectivity index (χ0n) is 11.7. The highest BCUT2D eigenvalue weighted by atomic mass is 15.1. The summed E-state index contributed by atoms with van der Waals surface area (Å²) in [4.78, 5) is 0. The average molecular weight is 242 g/mol. The van der Waals surface area contributed by atoms with Gasteiger partial charge in [-0.3, -0.25) is 0 Å². The Morgan fingerprint density at radius 1 is 1.06 bits per heavy atom. The molecule has 1 aliphatic rings. The van der Waals surface area contributed by atoms with Gasteiger partial charge in [-0.05, 0) is 24.0 Å². The van der Waals surface area contributed by atoms with Gasteiger partial charge in [-0.1, -0.05) is 58.0 Å². The number of rotatable bonds is 2. The second-order valence-corrected chi connectivity index (χ2v) is 6.37. The van der Waals surface area contributed by atoms with E-state index in [1.54, 1.807) is 0 Å². The summed E-state index contributed by atoms with van der Waals surface area (Å²) in [5.41, 5.74) is 1.16. The van der Waals surface area contributed by atoms with Crippen LogP contribution in [0.1, 0.15) is 34.1 Å². The monoisotopic (exact) mass is 242 g/mol. The average Bonchev–Trinajstić information content (AvgIpc) is 2.28. The molecule has 0 fully saturated rings. The highest BCUT2D eigenvalue weighted by Gasteiger charge is 2.41. The van der Waals surface area contributed by atoms with Gasteiger partial charge in [0, 0.05) is 5.41 Å². The lowest BCUT2D eigenvalue weighted by Crippen LogP contribution is -2.41. The van der Waals surface area contributed by atoms with Gasteiger partial charge in [0.25, 0.3) is 0 Å². The Balaban J connectivity index is 2.26. The standard InChI is InChI=1S/C16H22N2/c1-15(2)11-8-12-16(3,4)14(15)18-17-13-9-6-5-7-10-13/h5-11,14H,12H2,1-4H3/t14-/m1/s1. The lowest BCUT2D eigenvalue weighted by atomic mass is 9.65. The molecule has 0 spiro atoms. The molecule has 0 aliphatic heterocycles. The molecule has 1 aliphatic carbocycles. The minimum atomic E-state index is 0.0695. The number of allylic oxidation sites excluding steroid dienone is 1. The molecular formula is C16H22N2. The van der Waals surface area contributed by atoms with Crippen LogP contribution in [0.3, 0.4) is 0 Å². The number of benzene rings is 1. The zero-order valence-corrected chi connectivity index (χ0v) is 11.7. The van der Waals surface area contributed by atoms with Crippen LogP contribution < -0.4 is 0 Å². The molecule has 0 heterocycles. The van der Waals surface area contributed by atoms with Crippen LogP contribution >= 0.6 is 0 Å². The van der Waals surface area contributed by atoms with Gasteiger partial charge in [-0.2, -0.15) is 10.2 Å². The first-order chi connectivity index (χ1) is 8.42. The fraction of sp³-hybridized carbons (Fsp3) is 0.500. The van der Waals surface area contributed by atoms with Gasteiger partial charge in [-0.25, -0.2) is 0 Å². The van der Waals surface area contributed by atoms with Crippen LogP contribution in [-0.4, -0.2) is 6.04 Å². The van der Waals surface area contributed by atoms with E-state index >= 15 is 0 Å². The van der Waals surface area contributed by atoms with Gasteiger partial charge in [-0.15, -0.1) is 0 Å². The minimum absolute atomic E-state index is 0.0695. The van der Waals surface area contributed by atoms with E-state index in [9.17, 15) is 0 Å². The molecule has 18 heavy (non-hydrogen) atoms. The van der Waals surface area contributed by atoms with E-state index in [0.29, 0.717) is 0 Å². The Morgan fingerprint density at radius 2 is 1.72 bits per heavy atom. The Hall–Kier alpha value is -1.44. The molecule has 0 saturated heterocycles. The molecule has 0 bridgehead atoms. The van der Waals surface area contributed by atoms with Crippen LogP contribution in [0.2, 0.25) is 0 Å². The van der Waals surface area contributed by atoms with E-state index in [0.717, 1.165) is 12.1 Å². The SMILES string of the molecule is CC1(C)C=CCC(C)(C)[C@@H]1N=Nc1ccccc1. The van der Waals surface area contributed by atoms with Gasteiger partial charge in [0.15, 0.2) is 0 Å². The summed E-state index contributed by atoms with van der Waals surface area (Å²) in [6.45, 7) is 9.01. The van der Waals surface area contributed by atoms with Crippen molar-refractivity contribution in [2.45, 2.75) is 40.2 Å². The lowest BCUT2D eigenvalue weighted by Gasteiger charge is -2.42. The van der Waals surface area contributed by atoms with Gasteiger partial charge in [0.2, 0.25) is 0 Å². The largest absolute Gasteiger partial charge is 0.184 e. The van der Waals surface area contributed by atoms with Crippen LogP contribution in [0.4, 0.5) is 5.69 Å². The van der Waals surface area contributed by atoms with Crippen LogP contribution in [0, 0.1) is 10.8 Å². The predicted molar refractivity (Wildman–Crippen MR) is 76.1 cm³/mol. The molecule has 1 aromatic rings. The third-order valence-corrected chi connectivity index (χ3v) is 3.68. The molecular weight excluding hydrogens is 220 g/mol. The molecule has 0 saturated carbocycles. The predicted octanol–water partition coefficient (Wildman–Crippen LogP) is 5.15. The first kappa shape index (κ1) is 13.0. The van der Waals surface area contributed by atoms with E-state index in [1.165, 1.54) is 0 Å². The molecule has 0 unspecified atom stereocenters. The Labute approximate surface area is 110 Å². The number of nitrogens with zero attached hydrogens (tertiary/aromatic N) is 2. The van der Waals surface area contributed by atoms with Crippen molar-refractivity contribution in [2.24, 2.45) is 21.1 Å². The van der Waals surface area contributed by atoms with Gasteiger partial charge >= 0.3 is 0 Å². The summed E-state index contributed by atoms with van der Waals surface area (Å²) in [6.07, 6.45) is 5.61. The summed E-state index contributed by atoms with van der Waals surface area (Å²) in [5.74, 6) is 0. The summed E-state index contributed by atoms with van der Waals surface area (Å²) >= 11 is 0. The van der Waals surface area contributed by atoms with Gasteiger partial charge in [0.05, 0.1) is 11.7 Å². The molecule has 96 valence electrons. The van der Waals surface area contributed by atoms with E-state index in [4.69, 9.17) is 0 Å². The second-order valence-electron chi connectivity index (χ2n) is 6.37. The smallest absolute Gasteiger partial charge is 0.0852 e. The summed E-state index contributed by atoms with van der Waals surface area (Å²) in [7, 11) is 0. The quantitative estimate of drug-likeness (QED) is 0.506. The van der Waals surface area contributed by atoms with E-state index in [2.05, 4.69) is 50.1 Å². The van der Waals surface area contributed by atoms with Crippen molar-refractivity contribution in [3.05, 3.63) is 42.5 Å². The molecule has 1 atom stereocenters. The number of azo groups is 1. The molecule has 0 radical (unpaired) electrons. The molecule has 0 amide bonds. The van der Waals surface area contributed by atoms with Crippen LogP contribution in [-0.2, 0) is 0 Å². The van der Waals surface area contributed by atoms with Crippen molar-refractivity contribution >= 4 is 5.69 Å². The van der Waals surface area contributed by atoms with Crippen LogP contribution in [0.15, 0.2) is 52.7 Å². The Bertz CT molecular complexity index is 455. The third-order valence-electron chi connectivity index (χ3n) is 3.68. The first-order valence-electron chi connectivity index (χ1n) is 6.55. The van der Waals surface area contributed by atoms with Crippen LogP contribution in [0.5, 0.6) is 0 Å². The first-order valence-corrected chi connectivity index (χ1v) is 6.55. The normalized spacial score (nSPS) is 25.4. The van der Waals surface area contributed by atoms with E-state index in [-0.39, 0.29) is 16.9 Å². The molecule has 0 N–H and O–H groups in total. The summed E-state index contributed by atoms with van der Waals surface area (Å²) in [6, 6.07) is 10.2. The molecule has 1 aromatic carbocycles. The fourth-order valence-electron chi connectivity index (χ4n) is 2.80. The molecule has 2 heteroatoms. The van der Waals surface area contributed by atoms with Crippen molar-refractivity contribution in [2.75, 3.05) is 0 Å². The van der Waals surface area contributed by atoms with Gasteiger partial charge in [0.1, 0.15) is 0 Å². The maximum Gasteiger partial charge on any atom is 0.0852 e. The maximum atomic E-state index is 4.63. The van der Waals surface area contributed by atoms with Gasteiger partial charge < -0.3 is 0 Å². The highest BCUT2D eigenvalue weighted by Crippen LogP contribution is 2.44. The van der Waals surface area contributed by atoms with Crippen molar-refractivity contribution in [1.82, 2.24) is 0 Å². The van der Waals surface area contributed by atoms with Crippen molar-refractivity contribution in [1.29, 1.82) is 0 Å². The van der Waals surface area contributed by atoms with E-state index < -0.39 is 0 Å². The molecule has 0 aromatic heterocycles. The summed E-state index contributed by atoms with van der Waals surface area (Å²) < 4.78 is 0.